The van der Waals surface area contributed by atoms with Crippen molar-refractivity contribution in [2.45, 2.75) is 25.9 Å². The summed E-state index contributed by atoms with van der Waals surface area (Å²) in [6, 6.07) is 8.59. The number of benzene rings is 1. The third-order valence-electron chi connectivity index (χ3n) is 4.54. The smallest absolute Gasteiger partial charge is 0.434 e. The second-order valence-corrected chi connectivity index (χ2v) is 6.97. The van der Waals surface area contributed by atoms with Crippen LogP contribution in [0.25, 0.3) is 5.69 Å². The van der Waals surface area contributed by atoms with Gasteiger partial charge in [-0.2, -0.15) is 18.3 Å². The molecule has 0 aliphatic heterocycles. The molecule has 9 nitrogen and oxygen atoms in total. The Hall–Kier alpha value is -4.09. The van der Waals surface area contributed by atoms with Gasteiger partial charge in [-0.05, 0) is 49.7 Å². The summed E-state index contributed by atoms with van der Waals surface area (Å²) in [5.41, 5.74) is -1.54. The van der Waals surface area contributed by atoms with E-state index in [0.717, 1.165) is 6.20 Å². The molecule has 1 aromatic carbocycles. The highest BCUT2D eigenvalue weighted by Crippen LogP contribution is 2.34. The molecule has 0 saturated carbocycles. The van der Waals surface area contributed by atoms with E-state index in [0.29, 0.717) is 16.8 Å². The van der Waals surface area contributed by atoms with Crippen molar-refractivity contribution in [1.82, 2.24) is 15.1 Å². The summed E-state index contributed by atoms with van der Waals surface area (Å²) in [5, 5.41) is 8.94. The second kappa shape index (κ2) is 10.7. The Kier molecular flexibility index (Phi) is 7.71. The first kappa shape index (κ1) is 24.6. The van der Waals surface area contributed by atoms with E-state index in [2.05, 4.69) is 20.5 Å². The molecule has 0 fully saturated rings. The lowest BCUT2D eigenvalue weighted by molar-refractivity contribution is -0.143. The molecular weight excluding hydrogens is 457 g/mol. The number of nitrogens with one attached hydrogen (secondary N) is 2. The molecule has 0 unspecified atom stereocenters. The van der Waals surface area contributed by atoms with Crippen LogP contribution >= 0.6 is 0 Å². The van der Waals surface area contributed by atoms with Crippen LogP contribution in [0.3, 0.4) is 0 Å². The fourth-order valence-electron chi connectivity index (χ4n) is 3.03. The van der Waals surface area contributed by atoms with Crippen LogP contribution in [0.2, 0.25) is 0 Å². The third-order valence-corrected chi connectivity index (χ3v) is 4.54. The van der Waals surface area contributed by atoms with Crippen molar-refractivity contribution in [3.05, 3.63) is 65.9 Å². The first-order valence-electron chi connectivity index (χ1n) is 10.2. The van der Waals surface area contributed by atoms with Crippen molar-refractivity contribution in [2.24, 2.45) is 0 Å². The second-order valence-electron chi connectivity index (χ2n) is 6.97. The van der Waals surface area contributed by atoms with Gasteiger partial charge in [0.15, 0.2) is 11.5 Å². The van der Waals surface area contributed by atoms with Crippen LogP contribution in [-0.4, -0.2) is 40.7 Å². The number of hydrogen-bond donors (Lipinski definition) is 2. The van der Waals surface area contributed by atoms with Gasteiger partial charge in [0.25, 0.3) is 5.91 Å². The van der Waals surface area contributed by atoms with Crippen LogP contribution in [0.4, 0.5) is 18.9 Å². The average molecular weight is 478 g/mol. The van der Waals surface area contributed by atoms with E-state index in [1.807, 2.05) is 0 Å². The molecular formula is C22H21F3N4O5. The Morgan fingerprint density at radius 1 is 1.15 bits per heavy atom. The van der Waals surface area contributed by atoms with Crippen LogP contribution in [0.5, 0.6) is 0 Å². The van der Waals surface area contributed by atoms with Crippen LogP contribution in [-0.2, 0) is 15.7 Å². The molecule has 2 amide bonds. The highest BCUT2D eigenvalue weighted by molar-refractivity contribution is 5.92. The van der Waals surface area contributed by atoms with Gasteiger partial charge in [-0.15, -0.1) is 0 Å². The van der Waals surface area contributed by atoms with Crippen molar-refractivity contribution in [3.63, 3.8) is 0 Å². The zero-order chi connectivity index (χ0) is 24.7. The number of aromatic nitrogens is 2. The summed E-state index contributed by atoms with van der Waals surface area (Å²) < 4.78 is 51.0. The molecule has 2 heterocycles. The number of amides is 2. The number of carbonyl (C=O) groups excluding carboxylic acids is 3. The Labute approximate surface area is 191 Å². The van der Waals surface area contributed by atoms with Gasteiger partial charge in [0.2, 0.25) is 5.91 Å². The van der Waals surface area contributed by atoms with Gasteiger partial charge in [0, 0.05) is 18.7 Å². The number of rotatable bonds is 9. The minimum atomic E-state index is -4.85. The van der Waals surface area contributed by atoms with E-state index in [1.165, 1.54) is 43.5 Å². The third kappa shape index (κ3) is 6.03. The maximum atomic E-state index is 13.6. The lowest BCUT2D eigenvalue weighted by Gasteiger charge is -2.13. The minimum Gasteiger partial charge on any atom is -0.462 e. The fourth-order valence-corrected chi connectivity index (χ4v) is 3.03. The van der Waals surface area contributed by atoms with E-state index < -0.39 is 23.4 Å². The molecule has 0 radical (unpaired) electrons. The number of hydrogen-bond acceptors (Lipinski definition) is 6. The number of esters is 1. The Balaban J connectivity index is 1.59. The van der Waals surface area contributed by atoms with Crippen molar-refractivity contribution >= 4 is 23.5 Å². The van der Waals surface area contributed by atoms with Crippen molar-refractivity contribution in [3.8, 4) is 5.69 Å². The summed E-state index contributed by atoms with van der Waals surface area (Å²) in [5.74, 6) is -1.67. The summed E-state index contributed by atoms with van der Waals surface area (Å²) in [6.07, 6.45) is -2.18. The molecule has 0 saturated heterocycles. The molecule has 0 spiro atoms. The van der Waals surface area contributed by atoms with Crippen LogP contribution in [0.1, 0.15) is 46.4 Å². The van der Waals surface area contributed by atoms with Gasteiger partial charge in [-0.25, -0.2) is 9.48 Å². The van der Waals surface area contributed by atoms with E-state index in [9.17, 15) is 27.6 Å². The molecule has 180 valence electrons. The zero-order valence-corrected chi connectivity index (χ0v) is 18.0. The molecule has 0 bridgehead atoms. The Morgan fingerprint density at radius 3 is 2.50 bits per heavy atom. The first-order valence-corrected chi connectivity index (χ1v) is 10.2. The van der Waals surface area contributed by atoms with Crippen molar-refractivity contribution in [1.29, 1.82) is 0 Å². The lowest BCUT2D eigenvalue weighted by Crippen LogP contribution is -2.25. The topological polar surface area (TPSA) is 115 Å². The molecule has 34 heavy (non-hydrogen) atoms. The molecule has 3 aromatic rings. The van der Waals surface area contributed by atoms with Crippen LogP contribution in [0, 0.1) is 0 Å². The minimum absolute atomic E-state index is 0.0431. The number of furan rings is 1. The summed E-state index contributed by atoms with van der Waals surface area (Å²) in [4.78, 5) is 35.7. The maximum Gasteiger partial charge on any atom is 0.434 e. The van der Waals surface area contributed by atoms with Gasteiger partial charge >= 0.3 is 12.1 Å². The largest absolute Gasteiger partial charge is 0.462 e. The number of alkyl halides is 3. The first-order chi connectivity index (χ1) is 16.2. The van der Waals surface area contributed by atoms with Crippen LogP contribution in [0.15, 0.2) is 53.3 Å². The van der Waals surface area contributed by atoms with Gasteiger partial charge in [-0.1, -0.05) is 0 Å². The quantitative estimate of drug-likeness (QED) is 0.357. The monoisotopic (exact) mass is 478 g/mol. The molecule has 0 aliphatic carbocycles. The number of carbonyl (C=O) groups is 3. The van der Waals surface area contributed by atoms with Gasteiger partial charge < -0.3 is 19.8 Å². The normalized spacial score (nSPS) is 11.2. The highest BCUT2D eigenvalue weighted by Gasteiger charge is 2.41. The fraction of sp³-hybridized carbons (Fsp3) is 0.273. The van der Waals surface area contributed by atoms with E-state index in [-0.39, 0.29) is 42.8 Å². The van der Waals surface area contributed by atoms with Gasteiger partial charge in [-0.3, -0.25) is 9.59 Å². The molecule has 2 aromatic heterocycles. The Morgan fingerprint density at radius 2 is 1.88 bits per heavy atom. The van der Waals surface area contributed by atoms with Gasteiger partial charge in [0.05, 0.1) is 24.8 Å². The predicted octanol–water partition coefficient (Wildman–Crippen LogP) is 3.81. The summed E-state index contributed by atoms with van der Waals surface area (Å²) >= 11 is 0. The summed E-state index contributed by atoms with van der Waals surface area (Å²) in [6.45, 7) is 1.67. The van der Waals surface area contributed by atoms with Crippen molar-refractivity contribution < 1.29 is 36.7 Å². The number of halogens is 3. The number of nitrogens with zero attached hydrogens (tertiary/aromatic N) is 2. The lowest BCUT2D eigenvalue weighted by atomic mass is 10.2. The molecule has 0 atom stereocenters. The highest BCUT2D eigenvalue weighted by atomic mass is 19.4. The number of ether oxygens (including phenoxy) is 1. The summed E-state index contributed by atoms with van der Waals surface area (Å²) in [7, 11) is 0. The van der Waals surface area contributed by atoms with Crippen LogP contribution < -0.4 is 10.6 Å². The SMILES string of the molecule is CCOC(=O)c1cnn(-c2ccc(NC(=O)CCCNC(=O)c3ccco3)cc2)c1C(F)(F)F. The standard InChI is InChI=1S/C22H21F3N4O5/c1-2-33-21(32)16-13-27-29(19(16)22(23,24)25)15-9-7-14(8-10-15)28-18(30)6-3-11-26-20(31)17-5-4-12-34-17/h4-5,7-10,12-13H,2-3,6,11H2,1H3,(H,26,31)(H,28,30). The van der Waals surface area contributed by atoms with E-state index in [1.54, 1.807) is 6.07 Å². The maximum absolute atomic E-state index is 13.6. The van der Waals surface area contributed by atoms with E-state index >= 15 is 0 Å². The zero-order valence-electron chi connectivity index (χ0n) is 18.0. The predicted molar refractivity (Wildman–Crippen MR) is 113 cm³/mol. The average Bonchev–Trinajstić information content (AvgIpc) is 3.47. The molecule has 3 rings (SSSR count). The van der Waals surface area contributed by atoms with E-state index in [4.69, 9.17) is 4.42 Å². The van der Waals surface area contributed by atoms with Gasteiger partial charge in [0.1, 0.15) is 5.56 Å². The Bertz CT molecular complexity index is 1140. The molecule has 0 aliphatic rings. The molecule has 2 N–H and O–H groups in total. The number of anilines is 1. The van der Waals surface area contributed by atoms with Crippen molar-refractivity contribution in [2.75, 3.05) is 18.5 Å². The molecule has 12 heteroatoms.